The molecule has 52 heavy (non-hydrogen) atoms. The second-order valence-electron chi connectivity index (χ2n) is 15.2. The van der Waals surface area contributed by atoms with Gasteiger partial charge in [-0.3, -0.25) is 9.59 Å². The maximum atomic E-state index is 13.0. The molecule has 2 rings (SSSR count). The maximum Gasteiger partial charge on any atom is 0.175 e. The van der Waals surface area contributed by atoms with Gasteiger partial charge in [0.25, 0.3) is 0 Å². The molecule has 2 aliphatic carbocycles. The zero-order chi connectivity index (χ0) is 38.9. The van der Waals surface area contributed by atoms with Gasteiger partial charge >= 0.3 is 0 Å². The summed E-state index contributed by atoms with van der Waals surface area (Å²) in [5.74, 6) is 0.239. The summed E-state index contributed by atoms with van der Waals surface area (Å²) < 4.78 is 0. The molecule has 2 N–H and O–H groups in total. The van der Waals surface area contributed by atoms with Gasteiger partial charge in [-0.15, -0.1) is 0 Å². The lowest BCUT2D eigenvalue weighted by Crippen LogP contribution is -2.45. The summed E-state index contributed by atoms with van der Waals surface area (Å²) in [6, 6.07) is 3.78. The van der Waals surface area contributed by atoms with E-state index in [-0.39, 0.29) is 34.5 Å². The van der Waals surface area contributed by atoms with E-state index < -0.39 is 0 Å². The van der Waals surface area contributed by atoms with Gasteiger partial charge < -0.3 is 10.6 Å². The number of nitriles is 2. The Bertz CT molecular complexity index is 1620. The summed E-state index contributed by atoms with van der Waals surface area (Å²) >= 11 is 0. The molecule has 0 heterocycles. The third-order valence-corrected chi connectivity index (χ3v) is 9.61. The molecule has 2 unspecified atom stereocenters. The molecule has 0 saturated heterocycles. The number of Topliss-reactive ketones (excluding diaryl/α,β-unsaturated/α-hetero) is 2. The third-order valence-electron chi connectivity index (χ3n) is 9.61. The molecule has 0 amide bonds. The summed E-state index contributed by atoms with van der Waals surface area (Å²) in [5.41, 5.74) is 7.87. The predicted octanol–water partition coefficient (Wildman–Crippen LogP) is 9.93. The lowest BCUT2D eigenvalue weighted by molar-refractivity contribution is -0.119. The SMILES string of the molecule is CC1=C(/C=C/C(C)=C/C=C/C(C)=C/C=C/C=C(C)/C=C/C=C(C)/C=C/C2=C(C)C(=O)C(NCCC#N)CC2(C)C)C(C)(C)CC(NCCC#N)C1=O. The third kappa shape index (κ3) is 13.8. The number of hydrogen-bond acceptors (Lipinski definition) is 6. The van der Waals surface area contributed by atoms with E-state index in [4.69, 9.17) is 10.5 Å². The Morgan fingerprint density at radius 2 is 0.942 bits per heavy atom. The molecule has 2 aliphatic rings. The van der Waals surface area contributed by atoms with Gasteiger partial charge in [0.15, 0.2) is 11.6 Å². The number of ketones is 2. The molecular formula is C46H60N4O2. The molecule has 2 atom stereocenters. The zero-order valence-corrected chi connectivity index (χ0v) is 33.2. The largest absolute Gasteiger partial charge is 0.306 e. The second kappa shape index (κ2) is 21.0. The number of hydrogen-bond donors (Lipinski definition) is 2. The van der Waals surface area contributed by atoms with Crippen LogP contribution >= 0.6 is 0 Å². The second-order valence-corrected chi connectivity index (χ2v) is 15.2. The Kier molecular flexibility index (Phi) is 17.6. The van der Waals surface area contributed by atoms with Gasteiger partial charge in [0, 0.05) is 25.9 Å². The van der Waals surface area contributed by atoms with Crippen molar-refractivity contribution in [2.24, 2.45) is 10.8 Å². The van der Waals surface area contributed by atoms with E-state index >= 15 is 0 Å². The fraction of sp³-hybridized carbons (Fsp3) is 0.435. The molecule has 0 spiro atoms. The van der Waals surface area contributed by atoms with Crippen LogP contribution in [0, 0.1) is 33.5 Å². The fourth-order valence-electron chi connectivity index (χ4n) is 6.63. The summed E-state index contributed by atoms with van der Waals surface area (Å²) in [5, 5.41) is 24.2. The first-order valence-corrected chi connectivity index (χ1v) is 18.3. The minimum Gasteiger partial charge on any atom is -0.306 e. The molecule has 6 heteroatoms. The van der Waals surface area contributed by atoms with Crippen molar-refractivity contribution in [2.45, 2.75) is 107 Å². The minimum atomic E-state index is -0.239. The van der Waals surface area contributed by atoms with Crippen LogP contribution in [-0.2, 0) is 9.59 Å². The van der Waals surface area contributed by atoms with Crippen molar-refractivity contribution in [2.75, 3.05) is 13.1 Å². The molecule has 276 valence electrons. The standard InChI is InChI=1S/C46H60N4O2/c1-33(19-13-21-35(3)23-25-39-37(5)43(51)41(31-45(39,7)8)49-29-15-27-47)17-11-12-18-34(2)20-14-22-36(4)24-26-40-38(6)44(52)42(32-46(40,9)10)50-30-16-28-48/h11-14,17-26,41-42,49-50H,15-16,29-32H2,1-10H3/b12-11+,19-13+,20-14+,25-23+,26-24+,33-17+,34-18+,35-21+,36-22+. The molecule has 0 bridgehead atoms. The van der Waals surface area contributed by atoms with Crippen molar-refractivity contribution in [3.8, 4) is 12.1 Å². The number of carbonyl (C=O) groups is 2. The summed E-state index contributed by atoms with van der Waals surface area (Å²) in [6.45, 7) is 21.8. The first-order valence-electron chi connectivity index (χ1n) is 18.3. The quantitative estimate of drug-likeness (QED) is 0.123. The topological polar surface area (TPSA) is 106 Å². The average Bonchev–Trinajstić information content (AvgIpc) is 3.07. The average molecular weight is 701 g/mol. The molecule has 0 aromatic heterocycles. The highest BCUT2D eigenvalue weighted by molar-refractivity contribution is 6.02. The number of nitrogens with zero attached hydrogens (tertiary/aromatic N) is 2. The van der Waals surface area contributed by atoms with Crippen LogP contribution in [0.5, 0.6) is 0 Å². The normalized spacial score (nSPS) is 22.2. The summed E-state index contributed by atoms with van der Waals surface area (Å²) in [4.78, 5) is 25.9. The zero-order valence-electron chi connectivity index (χ0n) is 33.2. The van der Waals surface area contributed by atoms with E-state index in [9.17, 15) is 9.59 Å². The van der Waals surface area contributed by atoms with Gasteiger partial charge in [0.1, 0.15) is 0 Å². The van der Waals surface area contributed by atoms with E-state index in [0.717, 1.165) is 44.6 Å². The van der Waals surface area contributed by atoms with Crippen molar-refractivity contribution in [1.82, 2.24) is 10.6 Å². The number of rotatable bonds is 16. The maximum absolute atomic E-state index is 13.0. The van der Waals surface area contributed by atoms with Crippen molar-refractivity contribution >= 4 is 11.6 Å². The van der Waals surface area contributed by atoms with Crippen molar-refractivity contribution in [1.29, 1.82) is 10.5 Å². The Morgan fingerprint density at radius 1 is 0.615 bits per heavy atom. The van der Waals surface area contributed by atoms with E-state index in [1.54, 1.807) is 0 Å². The minimum absolute atomic E-state index is 0.119. The smallest absolute Gasteiger partial charge is 0.175 e. The first-order chi connectivity index (χ1) is 24.5. The highest BCUT2D eigenvalue weighted by Crippen LogP contribution is 2.41. The van der Waals surface area contributed by atoms with Crippen LogP contribution in [0.3, 0.4) is 0 Å². The van der Waals surface area contributed by atoms with Crippen molar-refractivity contribution in [3.63, 3.8) is 0 Å². The molecule has 0 saturated carbocycles. The van der Waals surface area contributed by atoms with Gasteiger partial charge in [0.2, 0.25) is 0 Å². The number of allylic oxidation sites excluding steroid dienone is 20. The predicted molar refractivity (Wildman–Crippen MR) is 217 cm³/mol. The molecule has 0 aromatic rings. The molecule has 0 radical (unpaired) electrons. The van der Waals surface area contributed by atoms with Crippen LogP contribution in [0.1, 0.15) is 94.9 Å². The van der Waals surface area contributed by atoms with E-state index in [1.165, 1.54) is 0 Å². The van der Waals surface area contributed by atoms with Crippen LogP contribution in [-0.4, -0.2) is 36.7 Å². The van der Waals surface area contributed by atoms with Crippen LogP contribution in [0.25, 0.3) is 0 Å². The van der Waals surface area contributed by atoms with Gasteiger partial charge in [-0.25, -0.2) is 0 Å². The molecule has 0 fully saturated rings. The molecule has 0 aliphatic heterocycles. The van der Waals surface area contributed by atoms with Crippen molar-refractivity contribution in [3.05, 3.63) is 130 Å². The fourth-order valence-corrected chi connectivity index (χ4v) is 6.63. The Labute approximate surface area is 314 Å². The van der Waals surface area contributed by atoms with Crippen LogP contribution < -0.4 is 10.6 Å². The number of carbonyl (C=O) groups excluding carboxylic acids is 2. The lowest BCUT2D eigenvalue weighted by atomic mass is 9.70. The van der Waals surface area contributed by atoms with Crippen LogP contribution in [0.15, 0.2) is 130 Å². The van der Waals surface area contributed by atoms with Crippen molar-refractivity contribution < 1.29 is 9.59 Å². The van der Waals surface area contributed by atoms with Gasteiger partial charge in [-0.1, -0.05) is 135 Å². The van der Waals surface area contributed by atoms with E-state index in [2.05, 4.69) is 139 Å². The monoisotopic (exact) mass is 700 g/mol. The summed E-state index contributed by atoms with van der Waals surface area (Å²) in [7, 11) is 0. The highest BCUT2D eigenvalue weighted by Gasteiger charge is 2.38. The lowest BCUT2D eigenvalue weighted by Gasteiger charge is -2.37. The van der Waals surface area contributed by atoms with E-state index in [1.807, 2.05) is 38.2 Å². The molecule has 6 nitrogen and oxygen atoms in total. The van der Waals surface area contributed by atoms with Crippen LogP contribution in [0.2, 0.25) is 0 Å². The number of nitrogens with one attached hydrogen (secondary N) is 2. The molecular weight excluding hydrogens is 641 g/mol. The Morgan fingerprint density at radius 3 is 1.29 bits per heavy atom. The van der Waals surface area contributed by atoms with Crippen LogP contribution in [0.4, 0.5) is 0 Å². The van der Waals surface area contributed by atoms with E-state index in [0.29, 0.717) is 38.8 Å². The molecule has 0 aromatic carbocycles. The van der Waals surface area contributed by atoms with Gasteiger partial charge in [-0.05, 0) is 87.5 Å². The first kappa shape index (κ1) is 43.5. The van der Waals surface area contributed by atoms with Gasteiger partial charge in [-0.2, -0.15) is 10.5 Å². The van der Waals surface area contributed by atoms with Gasteiger partial charge in [0.05, 0.1) is 24.2 Å². The Balaban J connectivity index is 1.96. The Hall–Kier alpha value is -4.62. The summed E-state index contributed by atoms with van der Waals surface area (Å²) in [6.07, 6.45) is 31.1. The highest BCUT2D eigenvalue weighted by atomic mass is 16.1.